The predicted octanol–water partition coefficient (Wildman–Crippen LogP) is -3.38. The van der Waals surface area contributed by atoms with Crippen molar-refractivity contribution in [1.82, 2.24) is 0 Å². The van der Waals surface area contributed by atoms with Gasteiger partial charge in [0.15, 0.2) is 43.7 Å². The molecule has 6 aliphatic heterocycles. The number of aliphatic carboxylic acids is 1. The number of carbonyl (C=O) groups excluding carboxylic acids is 2. The molecular weight excluding hydrogens is 1460 g/mol. The second-order valence-corrected chi connectivity index (χ2v) is 33.7. The van der Waals surface area contributed by atoms with Crippen molar-refractivity contribution >= 4 is 24.0 Å². The van der Waals surface area contributed by atoms with Crippen LogP contribution in [0.15, 0.2) is 42.0 Å². The van der Waals surface area contributed by atoms with E-state index in [9.17, 15) is 102 Å². The highest BCUT2D eigenvalue weighted by Gasteiger charge is 2.74. The monoisotopic (exact) mass is 1570 g/mol. The minimum Gasteiger partial charge on any atom is -0.497 e. The van der Waals surface area contributed by atoms with Crippen LogP contribution in [0.4, 0.5) is 0 Å². The molecule has 18 N–H and O–H groups in total. The Labute approximate surface area is 635 Å². The molecule has 0 spiro atoms. The Balaban J connectivity index is 0.857. The number of carbonyl (C=O) groups is 3. The van der Waals surface area contributed by atoms with Crippen LogP contribution in [-0.4, -0.2) is 334 Å². The zero-order valence-corrected chi connectivity index (χ0v) is 62.9. The van der Waals surface area contributed by atoms with Crippen LogP contribution in [-0.2, 0) is 76.0 Å². The van der Waals surface area contributed by atoms with Crippen molar-refractivity contribution in [2.75, 3.05) is 33.5 Å². The topological polar surface area (TPSA) is 545 Å². The van der Waals surface area contributed by atoms with Crippen LogP contribution in [0.1, 0.15) is 119 Å². The van der Waals surface area contributed by atoms with E-state index in [0.717, 1.165) is 11.6 Å². The summed E-state index contributed by atoms with van der Waals surface area (Å²) in [5.74, 6) is -4.46. The van der Waals surface area contributed by atoms with Crippen molar-refractivity contribution in [3.8, 4) is 5.75 Å². The first kappa shape index (κ1) is 85.2. The Bertz CT molecular complexity index is 3420. The fourth-order valence-corrected chi connectivity index (χ4v) is 20.4. The van der Waals surface area contributed by atoms with Crippen molar-refractivity contribution in [1.29, 1.82) is 0 Å². The molecule has 0 radical (unpaired) electrons. The van der Waals surface area contributed by atoms with Crippen molar-refractivity contribution in [2.24, 2.45) is 50.2 Å². The van der Waals surface area contributed by atoms with Gasteiger partial charge < -0.3 is 158 Å². The number of carboxylic acids is 1. The van der Waals surface area contributed by atoms with Crippen LogP contribution >= 0.6 is 0 Å². The standard InChI is InChI=1S/C75H112O35/c1-30-44(81)48(85)53(90)63(99-30)107-59-58(105-43(80)17-12-33-10-13-34(97-9)14-11-33)32(3)101-67(60(59)108-64-56(93)51(88)57(31(2)100-64)106-62-52(89)47(84)40(28-98-62)104-65-54(91)49(86)45(82)38(26-76)102-65)110-69(96)74-21-20-70(4,5)24-36(74)35-15-16-41-71(6)25-37(79)61(109-66-55(92)50(87)46(83)39(27-77)103-66)73(8,68(94)95)42(71)18-19-72(41,7)75(35,29-78)23-22-74/h10-15,17,30-32,36-42,44-67,76-79,81-93H,16,18-29H2,1-9H3,(H,94,95)/b17-12+/t30-,31-,32+,36-,37-,38+,39+,40+,41+,42+,44-,45-,46+,47-,48+,49-,50-,51-,52+,53+,54+,55+,56+,57-,58-,59-,60+,61-,62-,63-,64-,65-,66-,67-,71+,72+,73-,74-,75-/m1/s1. The van der Waals surface area contributed by atoms with Crippen LogP contribution in [0.3, 0.4) is 0 Å². The molecular formula is C75H112O35. The van der Waals surface area contributed by atoms with Gasteiger partial charge >= 0.3 is 17.9 Å². The molecule has 1 aromatic rings. The number of aliphatic hydroxyl groups is 17. The highest BCUT2D eigenvalue weighted by Crippen LogP contribution is 2.76. The Kier molecular flexibility index (Phi) is 25.3. The summed E-state index contributed by atoms with van der Waals surface area (Å²) >= 11 is 0. The molecule has 0 amide bonds. The van der Waals surface area contributed by atoms with Gasteiger partial charge in [-0.15, -0.1) is 0 Å². The summed E-state index contributed by atoms with van der Waals surface area (Å²) in [5, 5.41) is 200. The summed E-state index contributed by atoms with van der Waals surface area (Å²) in [6.45, 7) is 11.2. The van der Waals surface area contributed by atoms with Gasteiger partial charge in [-0.25, -0.2) is 4.79 Å². The van der Waals surface area contributed by atoms with Crippen LogP contribution in [0.2, 0.25) is 0 Å². The number of allylic oxidation sites excluding steroid dienone is 1. The molecule has 11 aliphatic rings. The zero-order chi connectivity index (χ0) is 80.1. The zero-order valence-electron chi connectivity index (χ0n) is 62.9. The first-order valence-corrected chi connectivity index (χ1v) is 38.0. The fourth-order valence-electron chi connectivity index (χ4n) is 20.4. The molecule has 5 aliphatic carbocycles. The maximum Gasteiger partial charge on any atom is 0.331 e. The molecule has 0 unspecified atom stereocenters. The van der Waals surface area contributed by atoms with E-state index >= 15 is 4.79 Å². The summed E-state index contributed by atoms with van der Waals surface area (Å²) in [4.78, 5) is 44.7. The van der Waals surface area contributed by atoms with Crippen molar-refractivity contribution in [3.63, 3.8) is 0 Å². The predicted molar refractivity (Wildman–Crippen MR) is 368 cm³/mol. The Morgan fingerprint density at radius 3 is 1.66 bits per heavy atom. The summed E-state index contributed by atoms with van der Waals surface area (Å²) in [5.41, 5.74) is -5.40. The molecule has 110 heavy (non-hydrogen) atoms. The Hall–Kier alpha value is -4.21. The average molecular weight is 1570 g/mol. The SMILES string of the molecule is COc1ccc(/C=C/C(=O)O[C@H]2[C@@H](O[C@H]3O[C@H](C)[C@@H](O)[C@H](O)[C@@H]3O)[C@H](O[C@H]3O[C@H](C)[C@@H](O[C@H]4OC[C@H](O[C@H]5O[C@@H](CO)[C@@H](O)[C@@H](O)[C@@H]5O)[C@@H](O)[C@@H]4O)[C@H](O)[C@@H]3O)[C@@H](OC(=O)[C@@]34CCC(C)(C)C[C@@H]3C3=CC[C@H]5[C@]6(C)C[C@@H](O)[C@@H](O[C@H]7O[C@@H](CO)[C@H](O)[C@@H](O)[C@@H]7O)[C@](C)(C(=O)O)[C@H]6CC[C@]5(C)[C@@]3(CO)CC4)O[C@H]2C)cc1. The fraction of sp³-hybridized carbons (Fsp3) is 0.827. The molecule has 35 nitrogen and oxygen atoms in total. The van der Waals surface area contributed by atoms with E-state index in [-0.39, 0.29) is 38.5 Å². The number of benzene rings is 1. The molecule has 0 bridgehead atoms. The van der Waals surface area contributed by atoms with E-state index < -0.39 is 285 Å². The van der Waals surface area contributed by atoms with Gasteiger partial charge in [0.1, 0.15) is 122 Å². The lowest BCUT2D eigenvalue weighted by Crippen LogP contribution is -2.71. The third-order valence-electron chi connectivity index (χ3n) is 26.9. The van der Waals surface area contributed by atoms with E-state index in [1.54, 1.807) is 24.3 Å². The number of fused-ring (bicyclic) bond motifs is 7. The summed E-state index contributed by atoms with van der Waals surface area (Å²) in [6.07, 6.45) is -47.6. The smallest absolute Gasteiger partial charge is 0.331 e. The number of hydrogen-bond donors (Lipinski definition) is 18. The number of methoxy groups -OCH3 is 1. The van der Waals surface area contributed by atoms with Gasteiger partial charge in [0.2, 0.25) is 6.29 Å². The lowest BCUT2D eigenvalue weighted by molar-refractivity contribution is -0.392. The Morgan fingerprint density at radius 1 is 0.527 bits per heavy atom. The maximum atomic E-state index is 16.4. The van der Waals surface area contributed by atoms with Gasteiger partial charge in [-0.3, -0.25) is 9.59 Å². The highest BCUT2D eigenvalue weighted by molar-refractivity contribution is 5.87. The van der Waals surface area contributed by atoms with E-state index in [4.69, 9.17) is 66.3 Å². The molecule has 0 aromatic heterocycles. The molecule has 35 heteroatoms. The summed E-state index contributed by atoms with van der Waals surface area (Å²) in [6, 6.07) is 6.64. The molecule has 12 rings (SSSR count). The van der Waals surface area contributed by atoms with Gasteiger partial charge in [-0.1, -0.05) is 51.5 Å². The summed E-state index contributed by atoms with van der Waals surface area (Å²) in [7, 11) is 1.48. The van der Waals surface area contributed by atoms with Gasteiger partial charge in [-0.2, -0.15) is 0 Å². The lowest BCUT2D eigenvalue weighted by Gasteiger charge is -2.71. The number of ether oxygens (including phenoxy) is 14. The van der Waals surface area contributed by atoms with Crippen LogP contribution in [0.5, 0.6) is 5.75 Å². The van der Waals surface area contributed by atoms with E-state index in [1.807, 2.05) is 13.0 Å². The molecule has 6 heterocycles. The first-order chi connectivity index (χ1) is 51.8. The molecule has 622 valence electrons. The van der Waals surface area contributed by atoms with Crippen molar-refractivity contribution in [3.05, 3.63) is 47.6 Å². The second kappa shape index (κ2) is 32.7. The second-order valence-electron chi connectivity index (χ2n) is 33.7. The largest absolute Gasteiger partial charge is 0.497 e. The molecule has 1 aromatic carbocycles. The number of rotatable bonds is 20. The molecule has 6 saturated heterocycles. The van der Waals surface area contributed by atoms with E-state index in [1.165, 1.54) is 40.9 Å². The number of aliphatic hydroxyl groups excluding tert-OH is 17. The minimum atomic E-state index is -2.18. The van der Waals surface area contributed by atoms with Gasteiger partial charge in [0.25, 0.3) is 0 Å². The van der Waals surface area contributed by atoms with Gasteiger partial charge in [-0.05, 0) is 143 Å². The number of hydrogen-bond acceptors (Lipinski definition) is 34. The lowest BCUT2D eigenvalue weighted by atomic mass is 9.33. The highest BCUT2D eigenvalue weighted by atomic mass is 16.8. The van der Waals surface area contributed by atoms with Crippen LogP contribution in [0, 0.1) is 50.2 Å². The van der Waals surface area contributed by atoms with Gasteiger partial charge in [0, 0.05) is 11.5 Å². The van der Waals surface area contributed by atoms with Crippen molar-refractivity contribution < 1.29 is 173 Å². The molecule has 4 saturated carbocycles. The molecule has 39 atom stereocenters. The normalized spacial score (nSPS) is 50.2. The third-order valence-corrected chi connectivity index (χ3v) is 26.9. The van der Waals surface area contributed by atoms with E-state index in [0.29, 0.717) is 30.6 Å². The quantitative estimate of drug-likeness (QED) is 0.0262. The Morgan fingerprint density at radius 2 is 1.06 bits per heavy atom. The van der Waals surface area contributed by atoms with E-state index in [2.05, 4.69) is 20.8 Å². The van der Waals surface area contributed by atoms with Crippen molar-refractivity contribution in [2.45, 2.75) is 304 Å². The number of esters is 2. The average Bonchev–Trinajstić information content (AvgIpc) is 0.668. The molecule has 10 fully saturated rings. The van der Waals surface area contributed by atoms with Crippen LogP contribution in [0.25, 0.3) is 6.08 Å². The minimum absolute atomic E-state index is 0.0281. The van der Waals surface area contributed by atoms with Gasteiger partial charge in [0.05, 0.1) is 68.8 Å². The third kappa shape index (κ3) is 15.0. The summed E-state index contributed by atoms with van der Waals surface area (Å²) < 4.78 is 85.3. The number of carboxylic acid groups (broad SMARTS) is 1. The maximum absolute atomic E-state index is 16.4. The first-order valence-electron chi connectivity index (χ1n) is 38.0. The van der Waals surface area contributed by atoms with Crippen LogP contribution < -0.4 is 4.74 Å².